The third-order valence-corrected chi connectivity index (χ3v) is 2.73. The average Bonchev–Trinajstić information content (AvgIpc) is 2.53. The zero-order chi connectivity index (χ0) is 17.1. The molecule has 8 heteroatoms. The van der Waals surface area contributed by atoms with Crippen molar-refractivity contribution in [2.24, 2.45) is 0 Å². The van der Waals surface area contributed by atoms with Gasteiger partial charge < -0.3 is 20.8 Å². The molecule has 122 valence electrons. The number of aromatic nitrogens is 2. The van der Waals surface area contributed by atoms with E-state index in [1.165, 1.54) is 18.5 Å². The molecule has 0 unspecified atom stereocenters. The van der Waals surface area contributed by atoms with Gasteiger partial charge in [0.2, 0.25) is 0 Å². The molecule has 2 rings (SSSR count). The molecule has 8 nitrogen and oxygen atoms in total. The van der Waals surface area contributed by atoms with Gasteiger partial charge in [-0.15, -0.1) is 0 Å². The van der Waals surface area contributed by atoms with Crippen molar-refractivity contribution in [3.8, 4) is 5.75 Å². The minimum absolute atomic E-state index is 0.0248. The van der Waals surface area contributed by atoms with E-state index in [-0.39, 0.29) is 18.1 Å². The highest BCUT2D eigenvalue weighted by Crippen LogP contribution is 2.10. The van der Waals surface area contributed by atoms with Crippen molar-refractivity contribution >= 4 is 18.1 Å². The van der Waals surface area contributed by atoms with Crippen LogP contribution >= 0.6 is 0 Å². The molecule has 2 heterocycles. The third kappa shape index (κ3) is 6.42. The molecular weight excluding hydrogens is 300 g/mol. The summed E-state index contributed by atoms with van der Waals surface area (Å²) in [6.07, 6.45) is 6.19. The van der Waals surface area contributed by atoms with Crippen LogP contribution in [0.5, 0.6) is 5.75 Å². The minimum Gasteiger partial charge on any atom is -0.506 e. The molecule has 0 bridgehead atoms. The fourth-order valence-corrected chi connectivity index (χ4v) is 1.70. The van der Waals surface area contributed by atoms with Crippen LogP contribution in [0, 0.1) is 6.92 Å². The maximum Gasteiger partial charge on any atom is 0.290 e. The van der Waals surface area contributed by atoms with E-state index in [1.807, 2.05) is 13.0 Å². The Morgan fingerprint density at radius 2 is 2.00 bits per heavy atom. The molecule has 0 spiro atoms. The van der Waals surface area contributed by atoms with E-state index < -0.39 is 0 Å². The Labute approximate surface area is 133 Å². The van der Waals surface area contributed by atoms with Crippen LogP contribution in [0.25, 0.3) is 0 Å². The van der Waals surface area contributed by atoms with Crippen molar-refractivity contribution in [2.75, 3.05) is 18.4 Å². The normalized spacial score (nSPS) is 9.26. The molecule has 0 fully saturated rings. The number of nitrogens with zero attached hydrogens (tertiary/aromatic N) is 2. The van der Waals surface area contributed by atoms with Crippen LogP contribution in [0.4, 0.5) is 5.69 Å². The van der Waals surface area contributed by atoms with E-state index in [1.54, 1.807) is 12.4 Å². The number of hydrogen-bond acceptors (Lipinski definition) is 6. The molecule has 0 radical (unpaired) electrons. The van der Waals surface area contributed by atoms with Crippen LogP contribution < -0.4 is 10.6 Å². The van der Waals surface area contributed by atoms with Gasteiger partial charge >= 0.3 is 0 Å². The third-order valence-electron chi connectivity index (χ3n) is 2.73. The number of anilines is 1. The number of pyridine rings is 2. The quantitative estimate of drug-likeness (QED) is 0.479. The lowest BCUT2D eigenvalue weighted by Crippen LogP contribution is -2.28. The summed E-state index contributed by atoms with van der Waals surface area (Å²) in [7, 11) is 0. The Morgan fingerprint density at radius 3 is 2.65 bits per heavy atom. The second kappa shape index (κ2) is 9.72. The minimum atomic E-state index is -0.262. The molecule has 2 aromatic heterocycles. The largest absolute Gasteiger partial charge is 0.506 e. The lowest BCUT2D eigenvalue weighted by atomic mass is 10.2. The first-order valence-electron chi connectivity index (χ1n) is 6.73. The van der Waals surface area contributed by atoms with Crippen LogP contribution in [0.15, 0.2) is 36.9 Å². The summed E-state index contributed by atoms with van der Waals surface area (Å²) < 4.78 is 0. The first-order chi connectivity index (χ1) is 11.1. The predicted octanol–water partition coefficient (Wildman–Crippen LogP) is 1.03. The Morgan fingerprint density at radius 1 is 1.26 bits per heavy atom. The van der Waals surface area contributed by atoms with Crippen molar-refractivity contribution in [3.63, 3.8) is 0 Å². The summed E-state index contributed by atoms with van der Waals surface area (Å²) in [5, 5.41) is 22.1. The van der Waals surface area contributed by atoms with Crippen molar-refractivity contribution in [3.05, 3.63) is 48.0 Å². The fourth-order valence-electron chi connectivity index (χ4n) is 1.70. The Bertz CT molecular complexity index is 649. The molecule has 4 N–H and O–H groups in total. The Kier molecular flexibility index (Phi) is 7.56. The number of amides is 1. The number of hydrogen-bond donors (Lipinski definition) is 4. The van der Waals surface area contributed by atoms with E-state index in [4.69, 9.17) is 9.90 Å². The number of carbonyl (C=O) groups excluding carboxylic acids is 1. The molecule has 2 aromatic rings. The smallest absolute Gasteiger partial charge is 0.290 e. The number of rotatable bonds is 5. The van der Waals surface area contributed by atoms with E-state index in [0.717, 1.165) is 11.3 Å². The SMILES string of the molecule is Cc1cnccc1NCCNC(=O)c1cncc(O)c1.O=CO. The molecular formula is C15H18N4O4. The first kappa shape index (κ1) is 17.9. The van der Waals surface area contributed by atoms with Gasteiger partial charge in [-0.05, 0) is 24.6 Å². The van der Waals surface area contributed by atoms with Crippen molar-refractivity contribution in [1.82, 2.24) is 15.3 Å². The lowest BCUT2D eigenvalue weighted by molar-refractivity contribution is -0.122. The zero-order valence-corrected chi connectivity index (χ0v) is 12.6. The summed E-state index contributed by atoms with van der Waals surface area (Å²) in [5.74, 6) is -0.287. The van der Waals surface area contributed by atoms with Crippen molar-refractivity contribution in [2.45, 2.75) is 6.92 Å². The van der Waals surface area contributed by atoms with E-state index in [9.17, 15) is 9.90 Å². The second-order valence-electron chi connectivity index (χ2n) is 4.41. The van der Waals surface area contributed by atoms with Crippen LogP contribution in [0.1, 0.15) is 15.9 Å². The van der Waals surface area contributed by atoms with Gasteiger partial charge in [-0.1, -0.05) is 0 Å². The highest BCUT2D eigenvalue weighted by atomic mass is 16.3. The van der Waals surface area contributed by atoms with Gasteiger partial charge in [0.25, 0.3) is 12.4 Å². The van der Waals surface area contributed by atoms with Gasteiger partial charge in [-0.25, -0.2) is 0 Å². The van der Waals surface area contributed by atoms with Gasteiger partial charge in [0.05, 0.1) is 11.8 Å². The van der Waals surface area contributed by atoms with Gasteiger partial charge in [-0.3, -0.25) is 19.6 Å². The number of aromatic hydroxyl groups is 1. The van der Waals surface area contributed by atoms with Crippen molar-refractivity contribution in [1.29, 1.82) is 0 Å². The van der Waals surface area contributed by atoms with E-state index >= 15 is 0 Å². The number of carboxylic acid groups (broad SMARTS) is 1. The summed E-state index contributed by atoms with van der Waals surface area (Å²) in [6, 6.07) is 3.26. The van der Waals surface area contributed by atoms with E-state index in [2.05, 4.69) is 20.6 Å². The summed E-state index contributed by atoms with van der Waals surface area (Å²) in [5.41, 5.74) is 2.38. The monoisotopic (exact) mass is 318 g/mol. The summed E-state index contributed by atoms with van der Waals surface area (Å²) >= 11 is 0. The van der Waals surface area contributed by atoms with Gasteiger partial charge in [0, 0.05) is 37.4 Å². The van der Waals surface area contributed by atoms with Crippen molar-refractivity contribution < 1.29 is 19.8 Å². The number of carbonyl (C=O) groups is 2. The molecule has 0 aliphatic carbocycles. The lowest BCUT2D eigenvalue weighted by Gasteiger charge is -2.09. The molecule has 0 aliphatic rings. The fraction of sp³-hybridized carbons (Fsp3) is 0.200. The maximum atomic E-state index is 11.8. The second-order valence-corrected chi connectivity index (χ2v) is 4.41. The van der Waals surface area contributed by atoms with Crippen LogP contribution in [-0.2, 0) is 4.79 Å². The number of aryl methyl sites for hydroxylation is 1. The predicted molar refractivity (Wildman–Crippen MR) is 84.4 cm³/mol. The van der Waals surface area contributed by atoms with E-state index in [0.29, 0.717) is 18.7 Å². The standard InChI is InChI=1S/C14H16N4O2.CH2O2/c1-10-7-15-3-2-13(10)17-4-5-18-14(20)11-6-12(19)9-16-8-11;2-1-3/h2-3,6-9,19H,4-5H2,1H3,(H,15,17)(H,18,20);1H,(H,2,3). The van der Waals surface area contributed by atoms with Gasteiger partial charge in [0.15, 0.2) is 0 Å². The average molecular weight is 318 g/mol. The Balaban J connectivity index is 0.000000816. The molecule has 0 aromatic carbocycles. The van der Waals surface area contributed by atoms with Crippen LogP contribution in [0.2, 0.25) is 0 Å². The zero-order valence-electron chi connectivity index (χ0n) is 12.6. The molecule has 0 saturated carbocycles. The van der Waals surface area contributed by atoms with Gasteiger partial charge in [-0.2, -0.15) is 0 Å². The molecule has 0 aliphatic heterocycles. The molecule has 0 saturated heterocycles. The summed E-state index contributed by atoms with van der Waals surface area (Å²) in [4.78, 5) is 27.9. The highest BCUT2D eigenvalue weighted by molar-refractivity contribution is 5.94. The molecule has 0 atom stereocenters. The maximum absolute atomic E-state index is 11.8. The van der Waals surface area contributed by atoms with Gasteiger partial charge in [0.1, 0.15) is 5.75 Å². The summed E-state index contributed by atoms with van der Waals surface area (Å²) in [6.45, 7) is 2.78. The van der Waals surface area contributed by atoms with Crippen LogP contribution in [0.3, 0.4) is 0 Å². The molecule has 23 heavy (non-hydrogen) atoms. The highest BCUT2D eigenvalue weighted by Gasteiger charge is 2.05. The first-order valence-corrected chi connectivity index (χ1v) is 6.73. The number of nitrogens with one attached hydrogen (secondary N) is 2. The topological polar surface area (TPSA) is 124 Å². The molecule has 1 amide bonds. The Hall–Kier alpha value is -3.16. The van der Waals surface area contributed by atoms with Crippen LogP contribution in [-0.4, -0.2) is 45.6 Å².